The Morgan fingerprint density at radius 1 is 1.25 bits per heavy atom. The van der Waals surface area contributed by atoms with E-state index in [0.29, 0.717) is 12.0 Å². The van der Waals surface area contributed by atoms with Gasteiger partial charge in [0, 0.05) is 12.0 Å². The lowest BCUT2D eigenvalue weighted by Crippen LogP contribution is -2.10. The summed E-state index contributed by atoms with van der Waals surface area (Å²) in [5.74, 6) is -0.320. The number of aliphatic hydroxyl groups is 1. The lowest BCUT2D eigenvalue weighted by Gasteiger charge is -2.03. The van der Waals surface area contributed by atoms with Crippen molar-refractivity contribution in [3.63, 3.8) is 0 Å². The Labute approximate surface area is 94.8 Å². The predicted molar refractivity (Wildman–Crippen MR) is 60.2 cm³/mol. The molecule has 0 aromatic heterocycles. The summed E-state index contributed by atoms with van der Waals surface area (Å²) in [6.45, 7) is 1.34. The van der Waals surface area contributed by atoms with E-state index in [9.17, 15) is 13.2 Å². The Morgan fingerprint density at radius 3 is 2.25 bits per heavy atom. The van der Waals surface area contributed by atoms with E-state index in [-0.39, 0.29) is 16.4 Å². The van der Waals surface area contributed by atoms with Gasteiger partial charge in [-0.05, 0) is 12.1 Å². The Morgan fingerprint density at radius 2 is 1.81 bits per heavy atom. The molecular weight excluding hydrogens is 228 g/mol. The monoisotopic (exact) mass is 242 g/mol. The van der Waals surface area contributed by atoms with Crippen molar-refractivity contribution in [3.05, 3.63) is 29.8 Å². The second kappa shape index (κ2) is 5.23. The van der Waals surface area contributed by atoms with Crippen LogP contribution in [0.15, 0.2) is 29.2 Å². The number of hydrogen-bond donors (Lipinski definition) is 1. The largest absolute Gasteiger partial charge is 0.395 e. The van der Waals surface area contributed by atoms with Gasteiger partial charge in [0.05, 0.1) is 17.3 Å². The number of benzene rings is 1. The number of sulfone groups is 1. The molecule has 0 bridgehead atoms. The highest BCUT2D eigenvalue weighted by molar-refractivity contribution is 7.91. The van der Waals surface area contributed by atoms with Crippen LogP contribution >= 0.6 is 0 Å². The van der Waals surface area contributed by atoms with Crippen molar-refractivity contribution in [1.29, 1.82) is 0 Å². The van der Waals surface area contributed by atoms with Crippen molar-refractivity contribution in [1.82, 2.24) is 0 Å². The summed E-state index contributed by atoms with van der Waals surface area (Å²) in [5, 5.41) is 8.61. The lowest BCUT2D eigenvalue weighted by atomic mass is 10.1. The molecule has 0 aliphatic carbocycles. The molecular formula is C11H14O4S. The number of rotatable bonds is 5. The third-order valence-corrected chi connectivity index (χ3v) is 3.93. The molecule has 0 aliphatic heterocycles. The van der Waals surface area contributed by atoms with Gasteiger partial charge in [0.15, 0.2) is 15.6 Å². The number of Topliss-reactive ketones (excluding diaryl/α,β-unsaturated/α-hetero) is 1. The number of ketones is 1. The van der Waals surface area contributed by atoms with Gasteiger partial charge in [-0.2, -0.15) is 0 Å². The first-order valence-corrected chi connectivity index (χ1v) is 6.63. The average Bonchev–Trinajstić information content (AvgIpc) is 2.28. The molecule has 0 heterocycles. The number of carbonyl (C=O) groups is 1. The van der Waals surface area contributed by atoms with E-state index in [2.05, 4.69) is 0 Å². The Hall–Kier alpha value is -1.20. The molecule has 88 valence electrons. The summed E-state index contributed by atoms with van der Waals surface area (Å²) >= 11 is 0. The zero-order chi connectivity index (χ0) is 12.2. The molecule has 1 aromatic rings. The van der Waals surface area contributed by atoms with E-state index in [4.69, 9.17) is 5.11 Å². The fourth-order valence-electron chi connectivity index (χ4n) is 1.29. The van der Waals surface area contributed by atoms with Crippen LogP contribution in [0.2, 0.25) is 0 Å². The first-order valence-electron chi connectivity index (χ1n) is 4.98. The minimum absolute atomic E-state index is 0.0221. The summed E-state index contributed by atoms with van der Waals surface area (Å²) in [5.41, 5.74) is 0.505. The van der Waals surface area contributed by atoms with Crippen molar-refractivity contribution in [2.45, 2.75) is 18.2 Å². The molecule has 1 rings (SSSR count). The summed E-state index contributed by atoms with van der Waals surface area (Å²) in [7, 11) is -3.42. The predicted octanol–water partition coefficient (Wildman–Crippen LogP) is 1.05. The van der Waals surface area contributed by atoms with E-state index in [1.807, 2.05) is 0 Å². The third-order valence-electron chi connectivity index (χ3n) is 2.22. The van der Waals surface area contributed by atoms with Crippen molar-refractivity contribution in [2.75, 3.05) is 12.4 Å². The Balaban J connectivity index is 3.00. The highest BCUT2D eigenvalue weighted by Gasteiger charge is 2.13. The maximum atomic E-state index is 11.5. The van der Waals surface area contributed by atoms with Gasteiger partial charge in [-0.15, -0.1) is 0 Å². The molecule has 16 heavy (non-hydrogen) atoms. The van der Waals surface area contributed by atoms with Gasteiger partial charge in [0.2, 0.25) is 0 Å². The first-order chi connectivity index (χ1) is 7.51. The van der Waals surface area contributed by atoms with Crippen molar-refractivity contribution in [2.24, 2.45) is 0 Å². The molecule has 0 unspecified atom stereocenters. The van der Waals surface area contributed by atoms with Crippen LogP contribution in [0, 0.1) is 0 Å². The zero-order valence-electron chi connectivity index (χ0n) is 9.01. The Bertz CT molecular complexity index is 459. The van der Waals surface area contributed by atoms with Gasteiger partial charge in [-0.25, -0.2) is 8.42 Å². The molecule has 1 N–H and O–H groups in total. The van der Waals surface area contributed by atoms with Gasteiger partial charge >= 0.3 is 0 Å². The van der Waals surface area contributed by atoms with Gasteiger partial charge < -0.3 is 5.11 Å². The van der Waals surface area contributed by atoms with Crippen LogP contribution in [0.3, 0.4) is 0 Å². The second-order valence-corrected chi connectivity index (χ2v) is 5.45. The molecule has 0 atom stereocenters. The molecule has 0 fully saturated rings. The molecule has 0 saturated heterocycles. The highest BCUT2D eigenvalue weighted by Crippen LogP contribution is 2.13. The van der Waals surface area contributed by atoms with E-state index >= 15 is 0 Å². The minimum atomic E-state index is -3.42. The standard InChI is InChI=1S/C11H14O4S/c1-2-11(13)9-3-5-10(6-4-9)16(14,15)8-7-12/h3-6,12H,2,7-8H2,1H3. The van der Waals surface area contributed by atoms with E-state index < -0.39 is 16.4 Å². The number of carbonyl (C=O) groups excluding carboxylic acids is 1. The lowest BCUT2D eigenvalue weighted by molar-refractivity contribution is 0.0988. The quantitative estimate of drug-likeness (QED) is 0.783. The van der Waals surface area contributed by atoms with E-state index in [1.54, 1.807) is 6.92 Å². The molecule has 0 amide bonds. The summed E-state index contributed by atoms with van der Waals surface area (Å²) < 4.78 is 23.1. The average molecular weight is 242 g/mol. The number of hydrogen-bond acceptors (Lipinski definition) is 4. The normalized spacial score (nSPS) is 11.4. The molecule has 4 nitrogen and oxygen atoms in total. The third kappa shape index (κ3) is 2.90. The van der Waals surface area contributed by atoms with Crippen LogP contribution < -0.4 is 0 Å². The fraction of sp³-hybridized carbons (Fsp3) is 0.364. The number of aliphatic hydroxyl groups excluding tert-OH is 1. The van der Waals surface area contributed by atoms with Crippen LogP contribution in [0.1, 0.15) is 23.7 Å². The van der Waals surface area contributed by atoms with Gasteiger partial charge in [-0.3, -0.25) is 4.79 Å². The maximum Gasteiger partial charge on any atom is 0.180 e. The topological polar surface area (TPSA) is 71.4 Å². The second-order valence-electron chi connectivity index (χ2n) is 3.34. The van der Waals surface area contributed by atoms with Crippen molar-refractivity contribution >= 4 is 15.6 Å². The molecule has 0 aliphatic rings. The minimum Gasteiger partial charge on any atom is -0.395 e. The molecule has 0 spiro atoms. The first kappa shape index (κ1) is 12.9. The van der Waals surface area contributed by atoms with Gasteiger partial charge in [0.25, 0.3) is 0 Å². The van der Waals surface area contributed by atoms with Crippen LogP contribution in [-0.4, -0.2) is 31.7 Å². The molecule has 1 aromatic carbocycles. The van der Waals surface area contributed by atoms with Gasteiger partial charge in [-0.1, -0.05) is 19.1 Å². The van der Waals surface area contributed by atoms with Crippen molar-refractivity contribution < 1.29 is 18.3 Å². The van der Waals surface area contributed by atoms with Crippen LogP contribution in [0.25, 0.3) is 0 Å². The maximum absolute atomic E-state index is 11.5. The summed E-state index contributed by atoms with van der Waals surface area (Å²) in [4.78, 5) is 11.4. The van der Waals surface area contributed by atoms with Crippen molar-refractivity contribution in [3.8, 4) is 0 Å². The van der Waals surface area contributed by atoms with Gasteiger partial charge in [0.1, 0.15) is 0 Å². The SMILES string of the molecule is CCC(=O)c1ccc(S(=O)(=O)CCO)cc1. The fourth-order valence-corrected chi connectivity index (χ4v) is 2.32. The van der Waals surface area contributed by atoms with Crippen LogP contribution in [-0.2, 0) is 9.84 Å². The zero-order valence-corrected chi connectivity index (χ0v) is 9.83. The molecule has 5 heteroatoms. The Kier molecular flexibility index (Phi) is 4.20. The molecule has 0 saturated carbocycles. The van der Waals surface area contributed by atoms with Crippen LogP contribution in [0.4, 0.5) is 0 Å². The summed E-state index contributed by atoms with van der Waals surface area (Å²) in [6, 6.07) is 5.79. The summed E-state index contributed by atoms with van der Waals surface area (Å²) in [6.07, 6.45) is 0.392. The van der Waals surface area contributed by atoms with E-state index in [1.165, 1.54) is 24.3 Å². The van der Waals surface area contributed by atoms with Crippen LogP contribution in [0.5, 0.6) is 0 Å². The molecule has 0 radical (unpaired) electrons. The van der Waals surface area contributed by atoms with E-state index in [0.717, 1.165) is 0 Å². The highest BCUT2D eigenvalue weighted by atomic mass is 32.2. The smallest absolute Gasteiger partial charge is 0.180 e.